The van der Waals surface area contributed by atoms with Gasteiger partial charge in [0.05, 0.1) is 12.1 Å². The third kappa shape index (κ3) is 6.51. The lowest BCUT2D eigenvalue weighted by Gasteiger charge is -2.10. The number of benzene rings is 1. The fraction of sp³-hybridized carbons (Fsp3) is 0.280. The van der Waals surface area contributed by atoms with E-state index in [4.69, 9.17) is 16.7 Å². The highest BCUT2D eigenvalue weighted by molar-refractivity contribution is 6.29. The highest BCUT2D eigenvalue weighted by atomic mass is 35.5. The summed E-state index contributed by atoms with van der Waals surface area (Å²) in [6.07, 6.45) is 1.68. The van der Waals surface area contributed by atoms with Crippen molar-refractivity contribution in [1.82, 2.24) is 14.5 Å². The summed E-state index contributed by atoms with van der Waals surface area (Å²) in [7, 11) is 0. The van der Waals surface area contributed by atoms with Crippen LogP contribution in [0.15, 0.2) is 42.6 Å². The van der Waals surface area contributed by atoms with Gasteiger partial charge in [0.1, 0.15) is 17.0 Å². The van der Waals surface area contributed by atoms with Crippen molar-refractivity contribution in [2.24, 2.45) is 0 Å². The maximum Gasteiger partial charge on any atom is 0.337 e. The zero-order valence-electron chi connectivity index (χ0n) is 18.6. The first kappa shape index (κ1) is 24.2. The molecular weight excluding hydrogens is 442 g/mol. The lowest BCUT2D eigenvalue weighted by Crippen LogP contribution is -2.15. The van der Waals surface area contributed by atoms with Gasteiger partial charge in [0, 0.05) is 18.3 Å². The predicted octanol–water partition coefficient (Wildman–Crippen LogP) is 3.92. The van der Waals surface area contributed by atoms with Crippen LogP contribution >= 0.6 is 11.6 Å². The number of rotatable bonds is 7. The van der Waals surface area contributed by atoms with E-state index in [0.29, 0.717) is 18.7 Å². The fourth-order valence-electron chi connectivity index (χ4n) is 3.09. The normalized spacial score (nSPS) is 11.1. The number of carboxylic acid groups (broad SMARTS) is 1. The molecule has 2 heterocycles. The summed E-state index contributed by atoms with van der Waals surface area (Å²) < 4.78 is 1.61. The number of aromatic carboxylic acids is 1. The van der Waals surface area contributed by atoms with Crippen molar-refractivity contribution in [3.63, 3.8) is 0 Å². The van der Waals surface area contributed by atoms with E-state index in [1.807, 2.05) is 31.2 Å². The molecule has 1 aromatic carbocycles. The summed E-state index contributed by atoms with van der Waals surface area (Å²) in [5, 5.41) is 19.1. The first-order chi connectivity index (χ1) is 15.5. The number of carbonyl (C=O) groups excluding carboxylic acids is 1. The number of imidazole rings is 1. The molecule has 8 heteroatoms. The standard InChI is InChI=1S/C25H24ClN3O4/c1-16-4-6-17(7-5-16)15-29-22(20(28-24(29)26)12-13-25(2,3)33)21(30)11-10-19-9-8-18(14-27-19)23(31)32/h4-9,14,33H,10-11,15H2,1-3H3,(H,31,32). The Bertz CT molecular complexity index is 1230. The molecule has 0 fully saturated rings. The first-order valence-electron chi connectivity index (χ1n) is 10.3. The molecule has 0 aliphatic rings. The number of Topliss-reactive ketones (excluding diaryl/α,β-unsaturated/α-hetero) is 1. The van der Waals surface area contributed by atoms with E-state index in [0.717, 1.165) is 11.1 Å². The van der Waals surface area contributed by atoms with Crippen LogP contribution in [0.25, 0.3) is 0 Å². The van der Waals surface area contributed by atoms with Gasteiger partial charge in [0.15, 0.2) is 5.78 Å². The monoisotopic (exact) mass is 465 g/mol. The summed E-state index contributed by atoms with van der Waals surface area (Å²) in [4.78, 5) is 32.6. The topological polar surface area (TPSA) is 105 Å². The number of ketones is 1. The van der Waals surface area contributed by atoms with Gasteiger partial charge in [-0.3, -0.25) is 9.78 Å². The molecule has 0 bridgehead atoms. The zero-order chi connectivity index (χ0) is 24.2. The number of carboxylic acids is 1. The molecule has 0 atom stereocenters. The molecule has 2 aromatic heterocycles. The van der Waals surface area contributed by atoms with Crippen molar-refractivity contribution >= 4 is 23.4 Å². The van der Waals surface area contributed by atoms with Crippen molar-refractivity contribution in [3.8, 4) is 11.8 Å². The Morgan fingerprint density at radius 2 is 1.85 bits per heavy atom. The minimum atomic E-state index is -1.26. The van der Waals surface area contributed by atoms with E-state index in [9.17, 15) is 14.7 Å². The SMILES string of the molecule is Cc1ccc(Cn2c(Cl)nc(C#CC(C)(C)O)c2C(=O)CCc2ccc(C(=O)O)cn2)cc1. The first-order valence-corrected chi connectivity index (χ1v) is 10.7. The molecule has 0 saturated carbocycles. The quantitative estimate of drug-likeness (QED) is 0.404. The van der Waals surface area contributed by atoms with E-state index in [2.05, 4.69) is 21.8 Å². The third-order valence-electron chi connectivity index (χ3n) is 4.81. The molecule has 0 aliphatic carbocycles. The second-order valence-corrected chi connectivity index (χ2v) is 8.56. The van der Waals surface area contributed by atoms with Crippen molar-refractivity contribution in [3.05, 3.63) is 81.7 Å². The molecule has 3 rings (SSSR count). The Hall–Kier alpha value is -3.47. The van der Waals surface area contributed by atoms with Crippen LogP contribution in [0, 0.1) is 18.8 Å². The highest BCUT2D eigenvalue weighted by Crippen LogP contribution is 2.21. The summed E-state index contributed by atoms with van der Waals surface area (Å²) in [5.41, 5.74) is 1.94. The van der Waals surface area contributed by atoms with Crippen LogP contribution in [-0.4, -0.2) is 42.1 Å². The van der Waals surface area contributed by atoms with Crippen LogP contribution in [-0.2, 0) is 13.0 Å². The fourth-order valence-corrected chi connectivity index (χ4v) is 3.32. The second-order valence-electron chi connectivity index (χ2n) is 8.23. The van der Waals surface area contributed by atoms with Crippen LogP contribution < -0.4 is 0 Å². The number of aromatic nitrogens is 3. The molecular formula is C25H24ClN3O4. The van der Waals surface area contributed by atoms with Gasteiger partial charge in [-0.1, -0.05) is 35.7 Å². The summed E-state index contributed by atoms with van der Waals surface area (Å²) >= 11 is 6.39. The van der Waals surface area contributed by atoms with E-state index in [1.54, 1.807) is 24.5 Å². The molecule has 0 spiro atoms. The van der Waals surface area contributed by atoms with E-state index in [1.165, 1.54) is 12.3 Å². The van der Waals surface area contributed by atoms with E-state index >= 15 is 0 Å². The van der Waals surface area contributed by atoms with Gasteiger partial charge in [-0.05, 0) is 62.4 Å². The van der Waals surface area contributed by atoms with Gasteiger partial charge in [-0.2, -0.15) is 0 Å². The van der Waals surface area contributed by atoms with Crippen LogP contribution in [0.4, 0.5) is 0 Å². The molecule has 170 valence electrons. The summed E-state index contributed by atoms with van der Waals surface area (Å²) in [6.45, 7) is 5.41. The van der Waals surface area contributed by atoms with Crippen molar-refractivity contribution in [2.75, 3.05) is 0 Å². The summed E-state index contributed by atoms with van der Waals surface area (Å²) in [5.74, 6) is 4.19. The Kier molecular flexibility index (Phi) is 7.32. The van der Waals surface area contributed by atoms with Gasteiger partial charge in [0.2, 0.25) is 5.28 Å². The Morgan fingerprint density at radius 3 is 2.42 bits per heavy atom. The third-order valence-corrected chi connectivity index (χ3v) is 5.10. The van der Waals surface area contributed by atoms with Gasteiger partial charge < -0.3 is 14.8 Å². The average molecular weight is 466 g/mol. The van der Waals surface area contributed by atoms with Crippen LogP contribution in [0.2, 0.25) is 5.28 Å². The predicted molar refractivity (Wildman–Crippen MR) is 125 cm³/mol. The number of carbonyl (C=O) groups is 2. The maximum atomic E-state index is 13.2. The number of aryl methyl sites for hydroxylation is 2. The van der Waals surface area contributed by atoms with Gasteiger partial charge in [-0.15, -0.1) is 0 Å². The van der Waals surface area contributed by atoms with Crippen molar-refractivity contribution in [2.45, 2.75) is 45.8 Å². The zero-order valence-corrected chi connectivity index (χ0v) is 19.3. The van der Waals surface area contributed by atoms with Gasteiger partial charge in [-0.25, -0.2) is 9.78 Å². The van der Waals surface area contributed by atoms with E-state index < -0.39 is 11.6 Å². The number of pyridine rings is 1. The molecule has 0 amide bonds. The molecule has 7 nitrogen and oxygen atoms in total. The molecule has 0 unspecified atom stereocenters. The molecule has 3 aromatic rings. The Labute approximate surface area is 197 Å². The second kappa shape index (κ2) is 9.99. The maximum absolute atomic E-state index is 13.2. The minimum Gasteiger partial charge on any atom is -0.478 e. The number of halogens is 1. The number of aliphatic hydroxyl groups is 1. The number of hydrogen-bond acceptors (Lipinski definition) is 5. The smallest absolute Gasteiger partial charge is 0.337 e. The van der Waals surface area contributed by atoms with Crippen LogP contribution in [0.3, 0.4) is 0 Å². The van der Waals surface area contributed by atoms with Crippen LogP contribution in [0.1, 0.15) is 63.6 Å². The number of nitrogens with zero attached hydrogens (tertiary/aromatic N) is 3. The molecule has 0 saturated heterocycles. The minimum absolute atomic E-state index is 0.0808. The molecule has 0 radical (unpaired) electrons. The average Bonchev–Trinajstić information content (AvgIpc) is 3.07. The van der Waals surface area contributed by atoms with Crippen LogP contribution in [0.5, 0.6) is 0 Å². The number of hydrogen-bond donors (Lipinski definition) is 2. The molecule has 0 aliphatic heterocycles. The lowest BCUT2D eigenvalue weighted by atomic mass is 10.1. The molecule has 2 N–H and O–H groups in total. The molecule has 33 heavy (non-hydrogen) atoms. The van der Waals surface area contributed by atoms with E-state index in [-0.39, 0.29) is 34.4 Å². The summed E-state index contributed by atoms with van der Waals surface area (Å²) in [6, 6.07) is 10.9. The van der Waals surface area contributed by atoms with Crippen molar-refractivity contribution in [1.29, 1.82) is 0 Å². The largest absolute Gasteiger partial charge is 0.478 e. The Balaban J connectivity index is 1.91. The highest BCUT2D eigenvalue weighted by Gasteiger charge is 2.22. The van der Waals surface area contributed by atoms with Gasteiger partial charge in [0.25, 0.3) is 0 Å². The lowest BCUT2D eigenvalue weighted by molar-refractivity contribution is 0.0696. The van der Waals surface area contributed by atoms with Crippen molar-refractivity contribution < 1.29 is 19.8 Å². The van der Waals surface area contributed by atoms with Gasteiger partial charge >= 0.3 is 5.97 Å². The Morgan fingerprint density at radius 1 is 1.15 bits per heavy atom.